The third kappa shape index (κ3) is 4.30. The van der Waals surface area contributed by atoms with Crippen molar-refractivity contribution in [3.63, 3.8) is 0 Å². The van der Waals surface area contributed by atoms with Gasteiger partial charge in [-0.25, -0.2) is 0 Å². The number of nitrogens with one attached hydrogen (secondary N) is 1. The Hall–Kier alpha value is -1.40. The summed E-state index contributed by atoms with van der Waals surface area (Å²) in [5.41, 5.74) is 0.948. The molecule has 0 unspecified atom stereocenters. The van der Waals surface area contributed by atoms with Crippen molar-refractivity contribution >= 4 is 0 Å². The number of methoxy groups -OCH3 is 1. The highest BCUT2D eigenvalue weighted by Gasteiger charge is 2.24. The quantitative estimate of drug-likeness (QED) is 0.836. The highest BCUT2D eigenvalue weighted by Crippen LogP contribution is 2.31. The van der Waals surface area contributed by atoms with Crippen molar-refractivity contribution in [2.45, 2.75) is 51.5 Å². The fourth-order valence-electron chi connectivity index (χ4n) is 2.74. The van der Waals surface area contributed by atoms with Crippen LogP contribution in [0.4, 0.5) is 8.78 Å². The summed E-state index contributed by atoms with van der Waals surface area (Å²) in [6.45, 7) is 2.07. The highest BCUT2D eigenvalue weighted by atomic mass is 19.3. The Morgan fingerprint density at radius 3 is 2.64 bits per heavy atom. The monoisotopic (exact) mass is 315 g/mol. The van der Waals surface area contributed by atoms with Gasteiger partial charge in [0.25, 0.3) is 0 Å². The average molecular weight is 315 g/mol. The van der Waals surface area contributed by atoms with Crippen LogP contribution in [0.2, 0.25) is 0 Å². The zero-order chi connectivity index (χ0) is 16.1. The minimum atomic E-state index is -2.87. The summed E-state index contributed by atoms with van der Waals surface area (Å²) in [7, 11) is 1.44. The van der Waals surface area contributed by atoms with Crippen LogP contribution in [-0.2, 0) is 4.74 Å². The topological polar surface area (TPSA) is 39.7 Å². The van der Waals surface area contributed by atoms with Crippen molar-refractivity contribution in [1.29, 1.82) is 0 Å². The van der Waals surface area contributed by atoms with Gasteiger partial charge in [0.1, 0.15) is 0 Å². The van der Waals surface area contributed by atoms with Crippen LogP contribution in [-0.4, -0.2) is 32.5 Å². The lowest BCUT2D eigenvalue weighted by Gasteiger charge is -2.25. The summed E-state index contributed by atoms with van der Waals surface area (Å²) in [5, 5.41) is 3.48. The molecule has 0 bridgehead atoms. The van der Waals surface area contributed by atoms with Crippen LogP contribution in [0.5, 0.6) is 11.5 Å². The summed E-state index contributed by atoms with van der Waals surface area (Å²) >= 11 is 0. The Morgan fingerprint density at radius 2 is 2.05 bits per heavy atom. The highest BCUT2D eigenvalue weighted by molar-refractivity contribution is 5.43. The molecule has 0 aromatic heterocycles. The van der Waals surface area contributed by atoms with Gasteiger partial charge in [0, 0.05) is 18.7 Å². The fourth-order valence-corrected chi connectivity index (χ4v) is 2.74. The van der Waals surface area contributed by atoms with Gasteiger partial charge in [0.05, 0.1) is 13.2 Å². The molecule has 1 saturated heterocycles. The molecule has 0 amide bonds. The van der Waals surface area contributed by atoms with Crippen LogP contribution in [0.3, 0.4) is 0 Å². The molecule has 1 N–H and O–H groups in total. The van der Waals surface area contributed by atoms with Gasteiger partial charge < -0.3 is 19.5 Å². The molecule has 2 rings (SSSR count). The molecule has 1 fully saturated rings. The predicted molar refractivity (Wildman–Crippen MR) is 79.6 cm³/mol. The Kier molecular flexibility index (Phi) is 5.97. The molecule has 1 aliphatic rings. The zero-order valence-electron chi connectivity index (χ0n) is 13.1. The standard InChI is InChI=1S/C16H23F2NO3/c1-10(19-11(2)13-5-4-8-21-13)12-6-7-14(22-16(17)18)15(9-12)20-3/h6-7,9-11,13,16,19H,4-5,8H2,1-3H3/t10-,11+,13+/m0/s1. The first-order valence-electron chi connectivity index (χ1n) is 7.51. The van der Waals surface area contributed by atoms with E-state index < -0.39 is 6.61 Å². The van der Waals surface area contributed by atoms with Gasteiger partial charge in [-0.3, -0.25) is 0 Å². The Labute approximate surface area is 129 Å². The number of halogens is 2. The molecule has 6 heteroatoms. The lowest BCUT2D eigenvalue weighted by molar-refractivity contribution is -0.0512. The minimum Gasteiger partial charge on any atom is -0.493 e. The molecule has 1 heterocycles. The molecule has 0 radical (unpaired) electrons. The van der Waals surface area contributed by atoms with E-state index in [0.717, 1.165) is 25.0 Å². The summed E-state index contributed by atoms with van der Waals surface area (Å²) in [4.78, 5) is 0. The van der Waals surface area contributed by atoms with E-state index in [0.29, 0.717) is 5.75 Å². The molecular weight excluding hydrogens is 292 g/mol. The molecule has 22 heavy (non-hydrogen) atoms. The second-order valence-electron chi connectivity index (χ2n) is 5.52. The van der Waals surface area contributed by atoms with Crippen LogP contribution < -0.4 is 14.8 Å². The van der Waals surface area contributed by atoms with Gasteiger partial charge in [-0.15, -0.1) is 0 Å². The van der Waals surface area contributed by atoms with Crippen molar-refractivity contribution < 1.29 is 23.0 Å². The van der Waals surface area contributed by atoms with Crippen molar-refractivity contribution in [2.24, 2.45) is 0 Å². The molecule has 124 valence electrons. The van der Waals surface area contributed by atoms with E-state index in [9.17, 15) is 8.78 Å². The SMILES string of the molecule is COc1cc([C@H](C)N[C@H](C)[C@H]2CCCO2)ccc1OC(F)F. The van der Waals surface area contributed by atoms with Gasteiger partial charge in [-0.05, 0) is 44.4 Å². The normalized spacial score (nSPS) is 20.9. The van der Waals surface area contributed by atoms with Gasteiger partial charge in [0.2, 0.25) is 0 Å². The summed E-state index contributed by atoms with van der Waals surface area (Å²) in [6, 6.07) is 5.27. The second kappa shape index (κ2) is 7.74. The molecule has 4 nitrogen and oxygen atoms in total. The maximum absolute atomic E-state index is 12.3. The number of hydrogen-bond donors (Lipinski definition) is 1. The van der Waals surface area contributed by atoms with E-state index in [-0.39, 0.29) is 23.9 Å². The Bertz CT molecular complexity index is 478. The van der Waals surface area contributed by atoms with Crippen LogP contribution in [0.25, 0.3) is 0 Å². The van der Waals surface area contributed by atoms with Crippen LogP contribution >= 0.6 is 0 Å². The van der Waals surface area contributed by atoms with Crippen LogP contribution in [0.1, 0.15) is 38.3 Å². The lowest BCUT2D eigenvalue weighted by atomic mass is 10.0. The minimum absolute atomic E-state index is 0.0422. The number of ether oxygens (including phenoxy) is 3. The van der Waals surface area contributed by atoms with E-state index in [2.05, 4.69) is 17.0 Å². The second-order valence-corrected chi connectivity index (χ2v) is 5.52. The first-order valence-corrected chi connectivity index (χ1v) is 7.51. The van der Waals surface area contributed by atoms with E-state index in [1.54, 1.807) is 12.1 Å². The Morgan fingerprint density at radius 1 is 1.27 bits per heavy atom. The molecule has 0 saturated carbocycles. The zero-order valence-corrected chi connectivity index (χ0v) is 13.1. The maximum atomic E-state index is 12.3. The lowest BCUT2D eigenvalue weighted by Crippen LogP contribution is -2.38. The van der Waals surface area contributed by atoms with Gasteiger partial charge in [-0.1, -0.05) is 6.07 Å². The number of rotatable bonds is 7. The number of benzene rings is 1. The van der Waals surface area contributed by atoms with E-state index >= 15 is 0 Å². The summed E-state index contributed by atoms with van der Waals surface area (Å²) < 4.78 is 39.9. The van der Waals surface area contributed by atoms with E-state index in [1.165, 1.54) is 13.2 Å². The summed E-state index contributed by atoms with van der Waals surface area (Å²) in [5.74, 6) is 0.344. The molecule has 0 aliphatic carbocycles. The van der Waals surface area contributed by atoms with E-state index in [1.807, 2.05) is 6.92 Å². The van der Waals surface area contributed by atoms with Crippen LogP contribution in [0.15, 0.2) is 18.2 Å². The molecule has 0 spiro atoms. The van der Waals surface area contributed by atoms with E-state index in [4.69, 9.17) is 9.47 Å². The van der Waals surface area contributed by atoms with Crippen molar-refractivity contribution in [3.8, 4) is 11.5 Å². The first kappa shape index (κ1) is 17.0. The third-order valence-electron chi connectivity index (χ3n) is 3.94. The Balaban J connectivity index is 2.03. The molecular formula is C16H23F2NO3. The van der Waals surface area contributed by atoms with Crippen molar-refractivity contribution in [1.82, 2.24) is 5.32 Å². The molecule has 1 aliphatic heterocycles. The smallest absolute Gasteiger partial charge is 0.387 e. The van der Waals surface area contributed by atoms with Gasteiger partial charge >= 0.3 is 6.61 Å². The fraction of sp³-hybridized carbons (Fsp3) is 0.625. The number of alkyl halides is 2. The largest absolute Gasteiger partial charge is 0.493 e. The predicted octanol–water partition coefficient (Wildman–Crippen LogP) is 3.51. The molecule has 3 atom stereocenters. The number of hydrogen-bond acceptors (Lipinski definition) is 4. The van der Waals surface area contributed by atoms with Crippen LogP contribution in [0, 0.1) is 0 Å². The average Bonchev–Trinajstić information content (AvgIpc) is 3.01. The van der Waals surface area contributed by atoms with Gasteiger partial charge in [-0.2, -0.15) is 8.78 Å². The first-order chi connectivity index (χ1) is 10.5. The van der Waals surface area contributed by atoms with Crippen molar-refractivity contribution in [2.75, 3.05) is 13.7 Å². The maximum Gasteiger partial charge on any atom is 0.387 e. The third-order valence-corrected chi connectivity index (χ3v) is 3.94. The molecule has 1 aromatic rings. The summed E-state index contributed by atoms with van der Waals surface area (Å²) in [6.07, 6.45) is 2.38. The van der Waals surface area contributed by atoms with Gasteiger partial charge in [0.15, 0.2) is 11.5 Å². The van der Waals surface area contributed by atoms with Crippen molar-refractivity contribution in [3.05, 3.63) is 23.8 Å². The molecule has 1 aromatic carbocycles.